The van der Waals surface area contributed by atoms with Crippen molar-refractivity contribution in [1.29, 1.82) is 0 Å². The number of benzene rings is 3. The van der Waals surface area contributed by atoms with E-state index in [2.05, 4.69) is 16.7 Å². The Bertz CT molecular complexity index is 1250. The Balaban J connectivity index is 1.54. The molecule has 150 valence electrons. The highest BCUT2D eigenvalue weighted by Crippen LogP contribution is 2.34. The van der Waals surface area contributed by atoms with Crippen LogP contribution in [0.5, 0.6) is 0 Å². The molecule has 0 unspecified atom stereocenters. The van der Waals surface area contributed by atoms with Crippen LogP contribution in [0.3, 0.4) is 0 Å². The van der Waals surface area contributed by atoms with Gasteiger partial charge in [0.1, 0.15) is 5.82 Å². The first-order chi connectivity index (χ1) is 14.6. The van der Waals surface area contributed by atoms with Crippen LogP contribution < -0.4 is 4.90 Å². The fraction of sp³-hybridized carbons (Fsp3) is 0.200. The molecule has 2 heterocycles. The molecular formula is C25H22ClN3O. The number of carbonyl (C=O) groups is 1. The zero-order chi connectivity index (χ0) is 20.7. The molecule has 0 aliphatic carbocycles. The van der Waals surface area contributed by atoms with Crippen LogP contribution in [0.4, 0.5) is 5.69 Å². The Labute approximate surface area is 180 Å². The van der Waals surface area contributed by atoms with Crippen molar-refractivity contribution < 1.29 is 4.79 Å². The van der Waals surface area contributed by atoms with Crippen LogP contribution in [0.1, 0.15) is 29.3 Å². The fourth-order valence-electron chi connectivity index (χ4n) is 4.37. The maximum atomic E-state index is 12.9. The number of hydrogen-bond acceptors (Lipinski definition) is 2. The number of nitrogens with zero attached hydrogens (tertiary/aromatic N) is 3. The Hall–Kier alpha value is -3.11. The molecule has 1 atom stereocenters. The standard InChI is InChI=1S/C25H22ClN3O/c1-17-7-2-4-11-22(17)28-16-19(14-24(28)30)25-27-21-10-3-5-12-23(21)29(25)15-18-8-6-9-20(26)13-18/h2-13,19H,14-16H2,1H3/t19-/m0/s1. The number of rotatable bonds is 4. The molecule has 4 aromatic rings. The molecule has 5 rings (SSSR count). The van der Waals surface area contributed by atoms with Crippen LogP contribution in [0.15, 0.2) is 72.8 Å². The molecule has 5 heteroatoms. The van der Waals surface area contributed by atoms with Crippen LogP contribution in [0.2, 0.25) is 5.02 Å². The molecule has 30 heavy (non-hydrogen) atoms. The largest absolute Gasteiger partial charge is 0.323 e. The number of anilines is 1. The molecule has 1 aliphatic rings. The molecule has 3 aromatic carbocycles. The van der Waals surface area contributed by atoms with E-state index >= 15 is 0 Å². The van der Waals surface area contributed by atoms with Gasteiger partial charge in [-0.3, -0.25) is 4.79 Å². The maximum Gasteiger partial charge on any atom is 0.227 e. The summed E-state index contributed by atoms with van der Waals surface area (Å²) in [5.41, 5.74) is 5.25. The van der Waals surface area contributed by atoms with Crippen molar-refractivity contribution >= 4 is 34.2 Å². The number of fused-ring (bicyclic) bond motifs is 1. The van der Waals surface area contributed by atoms with E-state index in [1.165, 1.54) is 0 Å². The third-order valence-electron chi connectivity index (χ3n) is 5.81. The lowest BCUT2D eigenvalue weighted by Crippen LogP contribution is -2.25. The summed E-state index contributed by atoms with van der Waals surface area (Å²) in [7, 11) is 0. The second-order valence-electron chi connectivity index (χ2n) is 7.87. The van der Waals surface area contributed by atoms with Crippen molar-refractivity contribution in [2.24, 2.45) is 0 Å². The number of imidazole rings is 1. The highest BCUT2D eigenvalue weighted by atomic mass is 35.5. The lowest BCUT2D eigenvalue weighted by atomic mass is 10.1. The highest BCUT2D eigenvalue weighted by Gasteiger charge is 2.35. The fourth-order valence-corrected chi connectivity index (χ4v) is 4.58. The Morgan fingerprint density at radius 1 is 1.03 bits per heavy atom. The van der Waals surface area contributed by atoms with E-state index in [1.54, 1.807) is 0 Å². The molecule has 0 saturated carbocycles. The molecule has 0 radical (unpaired) electrons. The van der Waals surface area contributed by atoms with Crippen LogP contribution in [-0.2, 0) is 11.3 Å². The van der Waals surface area contributed by atoms with E-state index in [0.29, 0.717) is 19.5 Å². The van der Waals surface area contributed by atoms with Crippen LogP contribution in [0.25, 0.3) is 11.0 Å². The van der Waals surface area contributed by atoms with Gasteiger partial charge in [-0.05, 0) is 48.4 Å². The molecule has 1 aliphatic heterocycles. The van der Waals surface area contributed by atoms with Gasteiger partial charge in [0.05, 0.1) is 11.0 Å². The molecule has 1 fully saturated rings. The number of aromatic nitrogens is 2. The smallest absolute Gasteiger partial charge is 0.227 e. The van der Waals surface area contributed by atoms with Crippen molar-refractivity contribution in [2.75, 3.05) is 11.4 Å². The molecule has 0 N–H and O–H groups in total. The number of aryl methyl sites for hydroxylation is 1. The molecular weight excluding hydrogens is 394 g/mol. The second-order valence-corrected chi connectivity index (χ2v) is 8.30. The minimum atomic E-state index is 0.0451. The number of carbonyl (C=O) groups excluding carboxylic acids is 1. The van der Waals surface area contributed by atoms with Gasteiger partial charge in [0.2, 0.25) is 5.91 Å². The van der Waals surface area contributed by atoms with E-state index in [1.807, 2.05) is 72.5 Å². The van der Waals surface area contributed by atoms with Crippen molar-refractivity contribution in [2.45, 2.75) is 25.8 Å². The highest BCUT2D eigenvalue weighted by molar-refractivity contribution is 6.30. The minimum Gasteiger partial charge on any atom is -0.323 e. The first kappa shape index (κ1) is 18.9. The third-order valence-corrected chi connectivity index (χ3v) is 6.05. The van der Waals surface area contributed by atoms with E-state index in [4.69, 9.17) is 16.6 Å². The molecule has 1 amide bonds. The van der Waals surface area contributed by atoms with Crippen LogP contribution in [-0.4, -0.2) is 22.0 Å². The summed E-state index contributed by atoms with van der Waals surface area (Å²) in [6.07, 6.45) is 0.465. The summed E-state index contributed by atoms with van der Waals surface area (Å²) in [6, 6.07) is 24.1. The van der Waals surface area contributed by atoms with Gasteiger partial charge in [0.15, 0.2) is 0 Å². The summed E-state index contributed by atoms with van der Waals surface area (Å²) in [5.74, 6) is 1.15. The number of para-hydroxylation sites is 3. The number of halogens is 1. The Morgan fingerprint density at radius 3 is 2.67 bits per heavy atom. The van der Waals surface area contributed by atoms with Crippen molar-refractivity contribution in [3.8, 4) is 0 Å². The summed E-state index contributed by atoms with van der Waals surface area (Å²) in [6.45, 7) is 3.36. The predicted octanol–water partition coefficient (Wildman–Crippen LogP) is 5.57. The van der Waals surface area contributed by atoms with E-state index in [0.717, 1.165) is 38.7 Å². The van der Waals surface area contributed by atoms with E-state index in [-0.39, 0.29) is 11.8 Å². The van der Waals surface area contributed by atoms with E-state index < -0.39 is 0 Å². The predicted molar refractivity (Wildman–Crippen MR) is 121 cm³/mol. The lowest BCUT2D eigenvalue weighted by molar-refractivity contribution is -0.117. The SMILES string of the molecule is Cc1ccccc1N1C[C@@H](c2nc3ccccc3n2Cc2cccc(Cl)c2)CC1=O. The van der Waals surface area contributed by atoms with Crippen LogP contribution >= 0.6 is 11.6 Å². The maximum absolute atomic E-state index is 12.9. The van der Waals surface area contributed by atoms with Crippen molar-refractivity contribution in [1.82, 2.24) is 9.55 Å². The third kappa shape index (κ3) is 3.37. The quantitative estimate of drug-likeness (QED) is 0.437. The van der Waals surface area contributed by atoms with E-state index in [9.17, 15) is 4.79 Å². The molecule has 1 saturated heterocycles. The molecule has 1 aromatic heterocycles. The average Bonchev–Trinajstić information content (AvgIpc) is 3.29. The molecule has 0 spiro atoms. The zero-order valence-corrected chi connectivity index (χ0v) is 17.5. The van der Waals surface area contributed by atoms with Gasteiger partial charge in [-0.25, -0.2) is 4.98 Å². The first-order valence-electron chi connectivity index (χ1n) is 10.2. The average molecular weight is 416 g/mol. The van der Waals surface area contributed by atoms with Crippen molar-refractivity contribution in [3.63, 3.8) is 0 Å². The summed E-state index contributed by atoms with van der Waals surface area (Å²) >= 11 is 6.21. The van der Waals surface area contributed by atoms with Gasteiger partial charge in [0.25, 0.3) is 0 Å². The Kier molecular flexibility index (Phi) is 4.80. The van der Waals surface area contributed by atoms with Gasteiger partial charge in [-0.2, -0.15) is 0 Å². The number of hydrogen-bond donors (Lipinski definition) is 0. The summed E-state index contributed by atoms with van der Waals surface area (Å²) in [4.78, 5) is 19.8. The van der Waals surface area contributed by atoms with Gasteiger partial charge < -0.3 is 9.47 Å². The monoisotopic (exact) mass is 415 g/mol. The second kappa shape index (κ2) is 7.62. The van der Waals surface area contributed by atoms with Gasteiger partial charge in [0, 0.05) is 36.1 Å². The van der Waals surface area contributed by atoms with Crippen molar-refractivity contribution in [3.05, 3.63) is 94.8 Å². The summed E-state index contributed by atoms with van der Waals surface area (Å²) < 4.78 is 2.24. The normalized spacial score (nSPS) is 16.5. The number of amides is 1. The topological polar surface area (TPSA) is 38.1 Å². The van der Waals surface area contributed by atoms with Gasteiger partial charge >= 0.3 is 0 Å². The zero-order valence-electron chi connectivity index (χ0n) is 16.8. The molecule has 4 nitrogen and oxygen atoms in total. The lowest BCUT2D eigenvalue weighted by Gasteiger charge is -2.19. The summed E-state index contributed by atoms with van der Waals surface area (Å²) in [5, 5.41) is 0.722. The van der Waals surface area contributed by atoms with Gasteiger partial charge in [-0.1, -0.05) is 54.1 Å². The van der Waals surface area contributed by atoms with Gasteiger partial charge in [-0.15, -0.1) is 0 Å². The minimum absolute atomic E-state index is 0.0451. The first-order valence-corrected chi connectivity index (χ1v) is 10.5. The van der Waals surface area contributed by atoms with Crippen LogP contribution in [0, 0.1) is 6.92 Å². The molecule has 0 bridgehead atoms. The Morgan fingerprint density at radius 2 is 1.83 bits per heavy atom.